The fraction of sp³-hybridized carbons (Fsp3) is 0.611. The van der Waals surface area contributed by atoms with Crippen LogP contribution >= 0.6 is 0 Å². The largest absolute Gasteiger partial charge is 0.378 e. The van der Waals surface area contributed by atoms with E-state index in [-0.39, 0.29) is 11.8 Å². The molecule has 0 fully saturated rings. The van der Waals surface area contributed by atoms with E-state index in [4.69, 9.17) is 4.74 Å². The second-order valence-electron chi connectivity index (χ2n) is 6.08. The lowest BCUT2D eigenvalue weighted by Gasteiger charge is -2.21. The average molecular weight is 350 g/mol. The second kappa shape index (κ2) is 11.4. The molecule has 1 atom stereocenters. The highest BCUT2D eigenvalue weighted by Crippen LogP contribution is 2.13. The van der Waals surface area contributed by atoms with Crippen LogP contribution < -0.4 is 10.6 Å². The quantitative estimate of drug-likeness (QED) is 0.293. The summed E-state index contributed by atoms with van der Waals surface area (Å²) in [5, 5.41) is 17.3. The van der Waals surface area contributed by atoms with E-state index in [2.05, 4.69) is 29.5 Å². The van der Waals surface area contributed by atoms with E-state index in [1.165, 1.54) is 6.07 Å². The number of non-ortho nitro benzene ring substituents is 1. The Balaban J connectivity index is 2.61. The normalized spacial score (nSPS) is 12.9. The number of benzene rings is 1. The van der Waals surface area contributed by atoms with E-state index in [9.17, 15) is 10.1 Å². The molecule has 140 valence electrons. The molecule has 0 bridgehead atoms. The number of guanidine groups is 1. The minimum atomic E-state index is -0.392. The third kappa shape index (κ3) is 7.98. The second-order valence-corrected chi connectivity index (χ2v) is 6.08. The molecule has 1 rings (SSSR count). The molecule has 0 aliphatic carbocycles. The number of ether oxygens (including phenoxy) is 1. The molecule has 0 amide bonds. The van der Waals surface area contributed by atoms with E-state index in [0.717, 1.165) is 25.1 Å². The van der Waals surface area contributed by atoms with E-state index < -0.39 is 4.92 Å². The Bertz CT molecular complexity index is 561. The van der Waals surface area contributed by atoms with Gasteiger partial charge in [0, 0.05) is 31.8 Å². The summed E-state index contributed by atoms with van der Waals surface area (Å²) >= 11 is 0. The Hall–Kier alpha value is -2.15. The van der Waals surface area contributed by atoms with E-state index >= 15 is 0 Å². The number of hydrogen-bond donors (Lipinski definition) is 2. The lowest BCUT2D eigenvalue weighted by atomic mass is 10.0. The SMILES string of the molecule is CCNC(=NCc1cccc([N+](=O)[O-])c1)NCCC(OCC)C(C)C. The number of nitro groups is 1. The number of aliphatic imine (C=N–C) groups is 1. The van der Waals surface area contributed by atoms with Gasteiger partial charge in [0.25, 0.3) is 5.69 Å². The Morgan fingerprint density at radius 1 is 1.32 bits per heavy atom. The highest BCUT2D eigenvalue weighted by molar-refractivity contribution is 5.79. The summed E-state index contributed by atoms with van der Waals surface area (Å²) < 4.78 is 5.75. The highest BCUT2D eigenvalue weighted by atomic mass is 16.6. The predicted octanol–water partition coefficient (Wildman–Crippen LogP) is 3.10. The zero-order valence-electron chi connectivity index (χ0n) is 15.6. The minimum Gasteiger partial charge on any atom is -0.378 e. The number of nitrogens with zero attached hydrogens (tertiary/aromatic N) is 2. The van der Waals surface area contributed by atoms with Crippen molar-refractivity contribution in [2.45, 2.75) is 46.8 Å². The highest BCUT2D eigenvalue weighted by Gasteiger charge is 2.13. The van der Waals surface area contributed by atoms with Crippen LogP contribution in [0.25, 0.3) is 0 Å². The maximum atomic E-state index is 10.8. The Morgan fingerprint density at radius 2 is 2.08 bits per heavy atom. The summed E-state index contributed by atoms with van der Waals surface area (Å²) in [6, 6.07) is 6.55. The Kier molecular flexibility index (Phi) is 9.54. The molecule has 0 aliphatic heterocycles. The van der Waals surface area contributed by atoms with Crippen molar-refractivity contribution >= 4 is 11.6 Å². The molecule has 2 N–H and O–H groups in total. The summed E-state index contributed by atoms with van der Waals surface area (Å²) in [6.07, 6.45) is 1.12. The monoisotopic (exact) mass is 350 g/mol. The summed E-state index contributed by atoms with van der Waals surface area (Å²) in [4.78, 5) is 15.0. The Labute approximate surface area is 150 Å². The maximum Gasteiger partial charge on any atom is 0.269 e. The molecule has 0 aliphatic rings. The Morgan fingerprint density at radius 3 is 2.68 bits per heavy atom. The van der Waals surface area contributed by atoms with Crippen LogP contribution in [-0.4, -0.2) is 36.7 Å². The third-order valence-corrected chi connectivity index (χ3v) is 3.73. The lowest BCUT2D eigenvalue weighted by molar-refractivity contribution is -0.384. The van der Waals surface area contributed by atoms with Crippen molar-refractivity contribution in [2.24, 2.45) is 10.9 Å². The first-order valence-corrected chi connectivity index (χ1v) is 8.85. The van der Waals surface area contributed by atoms with Crippen LogP contribution in [0.1, 0.15) is 39.7 Å². The molecule has 0 heterocycles. The molecule has 0 radical (unpaired) electrons. The topological polar surface area (TPSA) is 88.8 Å². The van der Waals surface area contributed by atoms with Crippen molar-refractivity contribution in [1.29, 1.82) is 0 Å². The lowest BCUT2D eigenvalue weighted by Crippen LogP contribution is -2.39. The first-order valence-electron chi connectivity index (χ1n) is 8.85. The van der Waals surface area contributed by atoms with Gasteiger partial charge in [-0.25, -0.2) is 4.99 Å². The molecule has 0 aromatic heterocycles. The number of rotatable bonds is 10. The summed E-state index contributed by atoms with van der Waals surface area (Å²) in [5.41, 5.74) is 0.892. The number of nitrogens with one attached hydrogen (secondary N) is 2. The van der Waals surface area contributed by atoms with Crippen LogP contribution in [0, 0.1) is 16.0 Å². The smallest absolute Gasteiger partial charge is 0.269 e. The molecule has 1 aromatic rings. The number of hydrogen-bond acceptors (Lipinski definition) is 4. The van der Waals surface area contributed by atoms with Crippen LogP contribution in [0.5, 0.6) is 0 Å². The molecule has 0 saturated carbocycles. The van der Waals surface area contributed by atoms with Crippen molar-refractivity contribution < 1.29 is 9.66 Å². The summed E-state index contributed by atoms with van der Waals surface area (Å²) in [7, 11) is 0. The fourth-order valence-electron chi connectivity index (χ4n) is 2.44. The molecule has 0 saturated heterocycles. The molecular formula is C18H30N4O3. The maximum absolute atomic E-state index is 10.8. The van der Waals surface area contributed by atoms with Gasteiger partial charge in [-0.15, -0.1) is 0 Å². The van der Waals surface area contributed by atoms with Crippen LogP contribution in [0.4, 0.5) is 5.69 Å². The third-order valence-electron chi connectivity index (χ3n) is 3.73. The zero-order valence-corrected chi connectivity index (χ0v) is 15.6. The first kappa shape index (κ1) is 20.9. The van der Waals surface area contributed by atoms with Crippen molar-refractivity contribution in [2.75, 3.05) is 19.7 Å². The number of nitro benzene ring substituents is 1. The average Bonchev–Trinajstić information content (AvgIpc) is 2.58. The molecule has 7 heteroatoms. The van der Waals surface area contributed by atoms with Gasteiger partial charge in [0.15, 0.2) is 5.96 Å². The fourth-order valence-corrected chi connectivity index (χ4v) is 2.44. The van der Waals surface area contributed by atoms with Gasteiger partial charge in [-0.05, 0) is 31.7 Å². The van der Waals surface area contributed by atoms with Crippen LogP contribution in [0.3, 0.4) is 0 Å². The van der Waals surface area contributed by atoms with Crippen LogP contribution in [0.2, 0.25) is 0 Å². The van der Waals surface area contributed by atoms with Gasteiger partial charge in [-0.3, -0.25) is 10.1 Å². The van der Waals surface area contributed by atoms with Crippen molar-refractivity contribution in [3.63, 3.8) is 0 Å². The van der Waals surface area contributed by atoms with Gasteiger partial charge in [0.1, 0.15) is 0 Å². The first-order chi connectivity index (χ1) is 12.0. The van der Waals surface area contributed by atoms with Gasteiger partial charge >= 0.3 is 0 Å². The van der Waals surface area contributed by atoms with Gasteiger partial charge in [0.05, 0.1) is 17.6 Å². The molecule has 7 nitrogen and oxygen atoms in total. The molecule has 1 unspecified atom stereocenters. The minimum absolute atomic E-state index is 0.0853. The predicted molar refractivity (Wildman–Crippen MR) is 101 cm³/mol. The van der Waals surface area contributed by atoms with Crippen molar-refractivity contribution in [3.8, 4) is 0 Å². The van der Waals surface area contributed by atoms with Gasteiger partial charge in [-0.1, -0.05) is 26.0 Å². The van der Waals surface area contributed by atoms with E-state index in [1.54, 1.807) is 12.1 Å². The van der Waals surface area contributed by atoms with Gasteiger partial charge in [0.2, 0.25) is 0 Å². The van der Waals surface area contributed by atoms with E-state index in [0.29, 0.717) is 25.0 Å². The van der Waals surface area contributed by atoms with E-state index in [1.807, 2.05) is 19.9 Å². The molecule has 25 heavy (non-hydrogen) atoms. The molecule has 1 aromatic carbocycles. The molecule has 0 spiro atoms. The summed E-state index contributed by atoms with van der Waals surface area (Å²) in [5.74, 6) is 1.17. The zero-order chi connectivity index (χ0) is 18.7. The molecular weight excluding hydrogens is 320 g/mol. The van der Waals surface area contributed by atoms with Crippen molar-refractivity contribution in [1.82, 2.24) is 10.6 Å². The standard InChI is InChI=1S/C18H30N4O3/c1-5-19-18(20-11-10-17(14(3)4)25-6-2)21-13-15-8-7-9-16(12-15)22(23)24/h7-9,12,14,17H,5-6,10-11,13H2,1-4H3,(H2,19,20,21). The van der Waals surface area contributed by atoms with Crippen LogP contribution in [0.15, 0.2) is 29.3 Å². The van der Waals surface area contributed by atoms with Gasteiger partial charge in [-0.2, -0.15) is 0 Å². The van der Waals surface area contributed by atoms with Crippen molar-refractivity contribution in [3.05, 3.63) is 39.9 Å². The van der Waals surface area contributed by atoms with Gasteiger partial charge < -0.3 is 15.4 Å². The summed E-state index contributed by atoms with van der Waals surface area (Å²) in [6.45, 7) is 10.9. The van der Waals surface area contributed by atoms with Crippen LogP contribution in [-0.2, 0) is 11.3 Å².